The first-order valence-corrected chi connectivity index (χ1v) is 12.4. The lowest BCUT2D eigenvalue weighted by Gasteiger charge is -2.27. The first-order valence-electron chi connectivity index (χ1n) is 10.8. The predicted octanol–water partition coefficient (Wildman–Crippen LogP) is 3.33. The second kappa shape index (κ2) is 12.3. The van der Waals surface area contributed by atoms with Gasteiger partial charge in [0.05, 0.1) is 31.7 Å². The number of ether oxygens (including phenoxy) is 1. The van der Waals surface area contributed by atoms with Crippen molar-refractivity contribution in [3.8, 4) is 0 Å². The molecule has 0 bridgehead atoms. The molecule has 0 aliphatic rings. The third-order valence-electron chi connectivity index (χ3n) is 5.23. The lowest BCUT2D eigenvalue weighted by atomic mass is 10.1. The summed E-state index contributed by atoms with van der Waals surface area (Å²) in [5.41, 5.74) is 1.77. The van der Waals surface area contributed by atoms with Crippen molar-refractivity contribution in [2.24, 2.45) is 0 Å². The summed E-state index contributed by atoms with van der Waals surface area (Å²) >= 11 is 0. The average molecular weight is 471 g/mol. The fraction of sp³-hybridized carbons (Fsp3) is 0.320. The molecule has 0 spiro atoms. The van der Waals surface area contributed by atoms with E-state index in [1.807, 2.05) is 36.4 Å². The molecular formula is C25H30N2O5S. The summed E-state index contributed by atoms with van der Waals surface area (Å²) in [4.78, 5) is 14.9. The maximum atomic E-state index is 13.3. The second-order valence-corrected chi connectivity index (χ2v) is 9.67. The molecule has 33 heavy (non-hydrogen) atoms. The van der Waals surface area contributed by atoms with Crippen molar-refractivity contribution in [3.63, 3.8) is 0 Å². The Kier molecular flexibility index (Phi) is 9.24. The molecule has 0 N–H and O–H groups in total. The van der Waals surface area contributed by atoms with Gasteiger partial charge in [-0.1, -0.05) is 60.7 Å². The number of methoxy groups -OCH3 is 1. The van der Waals surface area contributed by atoms with Gasteiger partial charge in [-0.05, 0) is 29.7 Å². The van der Waals surface area contributed by atoms with Gasteiger partial charge >= 0.3 is 0 Å². The SMILES string of the molecule is COCCN(CC(=O)N(CCc1ccccc1)Cc1ccco1)S(=O)(=O)Cc1ccccc1. The van der Waals surface area contributed by atoms with Crippen molar-refractivity contribution < 1.29 is 22.4 Å². The lowest BCUT2D eigenvalue weighted by Crippen LogP contribution is -2.44. The number of carbonyl (C=O) groups is 1. The van der Waals surface area contributed by atoms with Crippen LogP contribution in [0.15, 0.2) is 83.5 Å². The summed E-state index contributed by atoms with van der Waals surface area (Å²) in [6.45, 7) is 0.762. The van der Waals surface area contributed by atoms with E-state index in [4.69, 9.17) is 9.15 Å². The molecule has 2 aromatic carbocycles. The highest BCUT2D eigenvalue weighted by atomic mass is 32.2. The molecule has 1 amide bonds. The molecule has 0 saturated carbocycles. The van der Waals surface area contributed by atoms with Crippen molar-refractivity contribution in [2.75, 3.05) is 33.4 Å². The topological polar surface area (TPSA) is 80.1 Å². The Morgan fingerprint density at radius 3 is 2.18 bits per heavy atom. The van der Waals surface area contributed by atoms with Crippen LogP contribution < -0.4 is 0 Å². The van der Waals surface area contributed by atoms with E-state index in [2.05, 4.69) is 0 Å². The van der Waals surface area contributed by atoms with Crippen LogP contribution in [0.4, 0.5) is 0 Å². The molecule has 0 unspecified atom stereocenters. The summed E-state index contributed by atoms with van der Waals surface area (Å²) in [5.74, 6) is 0.189. The number of hydrogen-bond donors (Lipinski definition) is 0. The number of hydrogen-bond acceptors (Lipinski definition) is 5. The van der Waals surface area contributed by atoms with Crippen molar-refractivity contribution in [1.29, 1.82) is 0 Å². The van der Waals surface area contributed by atoms with Gasteiger partial charge in [-0.15, -0.1) is 0 Å². The van der Waals surface area contributed by atoms with Crippen LogP contribution in [-0.2, 0) is 38.3 Å². The minimum atomic E-state index is -3.72. The number of sulfonamides is 1. The van der Waals surface area contributed by atoms with Crippen LogP contribution in [0.3, 0.4) is 0 Å². The minimum Gasteiger partial charge on any atom is -0.467 e. The first-order chi connectivity index (χ1) is 16.0. The van der Waals surface area contributed by atoms with E-state index in [1.54, 1.807) is 47.6 Å². The number of amides is 1. The zero-order valence-electron chi connectivity index (χ0n) is 18.8. The van der Waals surface area contributed by atoms with Crippen molar-refractivity contribution in [2.45, 2.75) is 18.7 Å². The van der Waals surface area contributed by atoms with Gasteiger partial charge in [-0.25, -0.2) is 8.42 Å². The Morgan fingerprint density at radius 2 is 1.58 bits per heavy atom. The molecule has 3 aromatic rings. The van der Waals surface area contributed by atoms with Gasteiger partial charge in [0.15, 0.2) is 0 Å². The van der Waals surface area contributed by atoms with Crippen LogP contribution >= 0.6 is 0 Å². The summed E-state index contributed by atoms with van der Waals surface area (Å²) in [7, 11) is -2.22. The highest BCUT2D eigenvalue weighted by Gasteiger charge is 2.27. The van der Waals surface area contributed by atoms with E-state index in [-0.39, 0.29) is 37.9 Å². The fourth-order valence-electron chi connectivity index (χ4n) is 3.43. The van der Waals surface area contributed by atoms with Gasteiger partial charge in [0.1, 0.15) is 5.76 Å². The maximum absolute atomic E-state index is 13.3. The molecule has 0 fully saturated rings. The van der Waals surface area contributed by atoms with Crippen LogP contribution in [0.5, 0.6) is 0 Å². The molecule has 7 nitrogen and oxygen atoms in total. The van der Waals surface area contributed by atoms with Gasteiger partial charge in [-0.2, -0.15) is 4.31 Å². The molecule has 8 heteroatoms. The predicted molar refractivity (Wildman–Crippen MR) is 127 cm³/mol. The Labute approximate surface area is 195 Å². The van der Waals surface area contributed by atoms with E-state index < -0.39 is 10.0 Å². The Bertz CT molecular complexity index is 1070. The van der Waals surface area contributed by atoms with E-state index in [0.29, 0.717) is 24.3 Å². The van der Waals surface area contributed by atoms with E-state index in [0.717, 1.165) is 5.56 Å². The zero-order valence-corrected chi connectivity index (χ0v) is 19.6. The zero-order chi connectivity index (χ0) is 23.5. The summed E-state index contributed by atoms with van der Waals surface area (Å²) in [6, 6.07) is 22.4. The molecule has 0 aliphatic heterocycles. The molecular weight excluding hydrogens is 440 g/mol. The number of benzene rings is 2. The van der Waals surface area contributed by atoms with Crippen molar-refractivity contribution in [3.05, 3.63) is 95.9 Å². The molecule has 1 heterocycles. The third-order valence-corrected chi connectivity index (χ3v) is 7.03. The number of furan rings is 1. The monoisotopic (exact) mass is 470 g/mol. The molecule has 0 radical (unpaired) electrons. The maximum Gasteiger partial charge on any atom is 0.238 e. The first kappa shape index (κ1) is 24.7. The van der Waals surface area contributed by atoms with E-state index >= 15 is 0 Å². The van der Waals surface area contributed by atoms with Gasteiger partial charge in [0.2, 0.25) is 15.9 Å². The van der Waals surface area contributed by atoms with Crippen LogP contribution in [-0.4, -0.2) is 56.9 Å². The smallest absolute Gasteiger partial charge is 0.238 e. The second-order valence-electron chi connectivity index (χ2n) is 7.70. The van der Waals surface area contributed by atoms with Crippen LogP contribution in [0.2, 0.25) is 0 Å². The summed E-state index contributed by atoms with van der Waals surface area (Å²) in [6.07, 6.45) is 2.21. The average Bonchev–Trinajstić information content (AvgIpc) is 3.33. The normalized spacial score (nSPS) is 11.6. The number of rotatable bonds is 13. The van der Waals surface area contributed by atoms with Gasteiger partial charge in [0.25, 0.3) is 0 Å². The lowest BCUT2D eigenvalue weighted by molar-refractivity contribution is -0.132. The Hall–Kier alpha value is -2.94. The Balaban J connectivity index is 1.74. The number of nitrogens with zero attached hydrogens (tertiary/aromatic N) is 2. The van der Waals surface area contributed by atoms with E-state index in [1.165, 1.54) is 11.4 Å². The molecule has 3 rings (SSSR count). The largest absolute Gasteiger partial charge is 0.467 e. The highest BCUT2D eigenvalue weighted by Crippen LogP contribution is 2.14. The fourth-order valence-corrected chi connectivity index (χ4v) is 4.88. The number of carbonyl (C=O) groups excluding carboxylic acids is 1. The van der Waals surface area contributed by atoms with Crippen molar-refractivity contribution >= 4 is 15.9 Å². The Morgan fingerprint density at radius 1 is 0.909 bits per heavy atom. The van der Waals surface area contributed by atoms with Gasteiger partial charge in [-0.3, -0.25) is 4.79 Å². The van der Waals surface area contributed by atoms with Crippen LogP contribution in [0.1, 0.15) is 16.9 Å². The quantitative estimate of drug-likeness (QED) is 0.383. The minimum absolute atomic E-state index is 0.102. The molecule has 0 saturated heterocycles. The standard InChI is InChI=1S/C25H30N2O5S/c1-31-18-16-27(33(29,30)21-23-11-6-3-7-12-23)20-25(28)26(19-24-13-8-17-32-24)15-14-22-9-4-2-5-10-22/h2-13,17H,14-16,18-21H2,1H3. The molecule has 0 atom stereocenters. The molecule has 1 aromatic heterocycles. The van der Waals surface area contributed by atoms with E-state index in [9.17, 15) is 13.2 Å². The van der Waals surface area contributed by atoms with Crippen LogP contribution in [0.25, 0.3) is 0 Å². The molecule has 176 valence electrons. The van der Waals surface area contributed by atoms with Crippen molar-refractivity contribution in [1.82, 2.24) is 9.21 Å². The van der Waals surface area contributed by atoms with Gasteiger partial charge in [0, 0.05) is 20.2 Å². The third kappa shape index (κ3) is 7.85. The summed E-state index contributed by atoms with van der Waals surface area (Å²) in [5, 5.41) is 0. The van der Waals surface area contributed by atoms with Gasteiger partial charge < -0.3 is 14.1 Å². The highest BCUT2D eigenvalue weighted by molar-refractivity contribution is 7.88. The molecule has 0 aliphatic carbocycles. The summed E-state index contributed by atoms with van der Waals surface area (Å²) < 4.78 is 38.0. The van der Waals surface area contributed by atoms with Crippen LogP contribution in [0, 0.1) is 0 Å².